The van der Waals surface area contributed by atoms with E-state index >= 15 is 0 Å². The molecule has 1 aliphatic rings. The number of aliphatic hydroxyl groups is 1. The molecule has 0 aliphatic carbocycles. The number of aliphatic hydroxyl groups excluding tert-OH is 1. The molecule has 1 unspecified atom stereocenters. The fourth-order valence-electron chi connectivity index (χ4n) is 4.27. The molecule has 1 aliphatic heterocycles. The van der Waals surface area contributed by atoms with E-state index in [2.05, 4.69) is 46.0 Å². The van der Waals surface area contributed by atoms with Crippen LogP contribution in [0.1, 0.15) is 40.6 Å². The van der Waals surface area contributed by atoms with Crippen LogP contribution in [0.3, 0.4) is 0 Å². The molecule has 12 nitrogen and oxygen atoms in total. The number of aromatic nitrogens is 6. The van der Waals surface area contributed by atoms with Crippen LogP contribution in [0.15, 0.2) is 77.7 Å². The number of hydrogen-bond donors (Lipinski definition) is 4. The Morgan fingerprint density at radius 3 is 2.64 bits per heavy atom. The summed E-state index contributed by atoms with van der Waals surface area (Å²) >= 11 is 0. The fourth-order valence-corrected chi connectivity index (χ4v) is 4.27. The minimum absolute atomic E-state index is 0.148. The van der Waals surface area contributed by atoms with Crippen molar-refractivity contribution in [2.75, 3.05) is 17.2 Å². The largest absolute Gasteiger partial charge is 0.394 e. The molecular formula is C27H23N9O3. The average molecular weight is 522 g/mol. The van der Waals surface area contributed by atoms with Gasteiger partial charge in [-0.3, -0.25) is 9.78 Å². The highest BCUT2D eigenvalue weighted by atomic mass is 16.5. The molecule has 2 atom stereocenters. The van der Waals surface area contributed by atoms with Crippen LogP contribution in [0.25, 0.3) is 22.8 Å². The molecule has 39 heavy (non-hydrogen) atoms. The van der Waals surface area contributed by atoms with Crippen LogP contribution in [0.4, 0.5) is 17.6 Å². The van der Waals surface area contributed by atoms with E-state index in [1.54, 1.807) is 42.9 Å². The number of hydrogen-bond acceptors (Lipinski definition) is 11. The molecule has 0 saturated heterocycles. The molecular weight excluding hydrogens is 498 g/mol. The molecule has 0 bridgehead atoms. The van der Waals surface area contributed by atoms with E-state index < -0.39 is 6.04 Å². The first kappa shape index (κ1) is 24.1. The number of rotatable bonds is 8. The molecule has 5 heterocycles. The highest BCUT2D eigenvalue weighted by Gasteiger charge is 2.27. The summed E-state index contributed by atoms with van der Waals surface area (Å²) in [6.07, 6.45) is 4.85. The third kappa shape index (κ3) is 4.88. The van der Waals surface area contributed by atoms with Gasteiger partial charge in [0.25, 0.3) is 11.8 Å². The summed E-state index contributed by atoms with van der Waals surface area (Å²) in [6, 6.07) is 15.8. The van der Waals surface area contributed by atoms with Gasteiger partial charge in [-0.1, -0.05) is 35.5 Å². The minimum atomic E-state index is -0.466. The molecule has 0 spiro atoms. The van der Waals surface area contributed by atoms with Gasteiger partial charge in [-0.05, 0) is 36.8 Å². The van der Waals surface area contributed by atoms with Crippen molar-refractivity contribution < 1.29 is 14.4 Å². The topological polar surface area (TPSA) is 164 Å². The van der Waals surface area contributed by atoms with Gasteiger partial charge in [0.15, 0.2) is 0 Å². The Labute approximate surface area is 222 Å². The van der Waals surface area contributed by atoms with Crippen molar-refractivity contribution in [2.24, 2.45) is 0 Å². The second kappa shape index (κ2) is 10.3. The molecule has 1 amide bonds. The van der Waals surface area contributed by atoms with Gasteiger partial charge in [-0.25, -0.2) is 9.97 Å². The highest BCUT2D eigenvalue weighted by Crippen LogP contribution is 2.31. The van der Waals surface area contributed by atoms with Gasteiger partial charge in [0.05, 0.1) is 29.9 Å². The Morgan fingerprint density at radius 2 is 1.85 bits per heavy atom. The van der Waals surface area contributed by atoms with Crippen LogP contribution < -0.4 is 16.0 Å². The van der Waals surface area contributed by atoms with Crippen LogP contribution in [0, 0.1) is 0 Å². The molecule has 4 aromatic heterocycles. The maximum Gasteiger partial charge on any atom is 0.263 e. The zero-order valence-corrected chi connectivity index (χ0v) is 20.7. The molecule has 0 radical (unpaired) electrons. The van der Waals surface area contributed by atoms with Crippen molar-refractivity contribution >= 4 is 23.5 Å². The molecule has 1 aromatic carbocycles. The minimum Gasteiger partial charge on any atom is -0.394 e. The van der Waals surface area contributed by atoms with Crippen molar-refractivity contribution in [3.05, 3.63) is 90.0 Å². The SMILES string of the molecule is CC1NC(=O)c2ccc(Nc3ncc(-c4nc(-c5ccncc5)no4)c(N[C@H](CO)c4ccccc4)n3)nc21. The molecule has 6 rings (SSSR count). The molecule has 4 N–H and O–H groups in total. The zero-order chi connectivity index (χ0) is 26.8. The number of carbonyl (C=O) groups is 1. The van der Waals surface area contributed by atoms with Crippen molar-refractivity contribution in [1.29, 1.82) is 0 Å². The number of nitrogens with one attached hydrogen (secondary N) is 3. The molecule has 12 heteroatoms. The number of nitrogens with zero attached hydrogens (tertiary/aromatic N) is 6. The Kier molecular flexibility index (Phi) is 6.35. The first-order valence-corrected chi connectivity index (χ1v) is 12.2. The predicted octanol–water partition coefficient (Wildman–Crippen LogP) is 3.68. The van der Waals surface area contributed by atoms with E-state index in [0.29, 0.717) is 34.3 Å². The van der Waals surface area contributed by atoms with E-state index in [9.17, 15) is 9.90 Å². The lowest BCUT2D eigenvalue weighted by Crippen LogP contribution is -2.17. The standard InChI is InChI=1S/C27H23N9O3/c1-15-22-18(25(38)30-15)7-8-21(32-22)33-27-29-13-19(26-34-23(36-39-26)17-9-11-28-12-10-17)24(35-27)31-20(14-37)16-5-3-2-4-6-16/h2-13,15,20,37H,14H2,1H3,(H,30,38)(H2,29,31,32,33,35)/t15?,20-/m1/s1. The Morgan fingerprint density at radius 1 is 1.03 bits per heavy atom. The van der Waals surface area contributed by atoms with Crippen LogP contribution in [0.5, 0.6) is 0 Å². The summed E-state index contributed by atoms with van der Waals surface area (Å²) in [5.74, 6) is 1.54. The van der Waals surface area contributed by atoms with Crippen molar-refractivity contribution in [2.45, 2.75) is 19.0 Å². The molecule has 0 saturated carbocycles. The Bertz CT molecular complexity index is 1630. The van der Waals surface area contributed by atoms with Gasteiger partial charge in [-0.15, -0.1) is 0 Å². The summed E-state index contributed by atoms with van der Waals surface area (Å²) in [6.45, 7) is 1.69. The van der Waals surface area contributed by atoms with Gasteiger partial charge >= 0.3 is 0 Å². The van der Waals surface area contributed by atoms with Crippen LogP contribution in [0.2, 0.25) is 0 Å². The smallest absolute Gasteiger partial charge is 0.263 e. The van der Waals surface area contributed by atoms with Gasteiger partial charge in [0.1, 0.15) is 17.2 Å². The summed E-state index contributed by atoms with van der Waals surface area (Å²) in [5.41, 5.74) is 3.26. The average Bonchev–Trinajstić information content (AvgIpc) is 3.57. The number of benzene rings is 1. The van der Waals surface area contributed by atoms with Crippen molar-refractivity contribution in [3.63, 3.8) is 0 Å². The van der Waals surface area contributed by atoms with E-state index in [1.807, 2.05) is 37.3 Å². The number of amides is 1. The number of carbonyl (C=O) groups excluding carboxylic acids is 1. The van der Waals surface area contributed by atoms with E-state index in [1.165, 1.54) is 0 Å². The summed E-state index contributed by atoms with van der Waals surface area (Å²) in [4.78, 5) is 34.3. The second-order valence-electron chi connectivity index (χ2n) is 8.85. The van der Waals surface area contributed by atoms with Crippen LogP contribution >= 0.6 is 0 Å². The first-order chi connectivity index (χ1) is 19.1. The zero-order valence-electron chi connectivity index (χ0n) is 20.7. The Balaban J connectivity index is 1.36. The fraction of sp³-hybridized carbons (Fsp3) is 0.148. The third-order valence-corrected chi connectivity index (χ3v) is 6.25. The lowest BCUT2D eigenvalue weighted by Gasteiger charge is -2.19. The summed E-state index contributed by atoms with van der Waals surface area (Å²) < 4.78 is 5.56. The maximum absolute atomic E-state index is 12.1. The predicted molar refractivity (Wildman–Crippen MR) is 142 cm³/mol. The van der Waals surface area contributed by atoms with Gasteiger partial charge < -0.3 is 25.6 Å². The first-order valence-electron chi connectivity index (χ1n) is 12.2. The molecule has 5 aromatic rings. The Hall–Kier alpha value is -5.23. The van der Waals surface area contributed by atoms with Crippen LogP contribution in [-0.4, -0.2) is 47.7 Å². The molecule has 194 valence electrons. The second-order valence-corrected chi connectivity index (χ2v) is 8.85. The molecule has 0 fully saturated rings. The van der Waals surface area contributed by atoms with E-state index in [4.69, 9.17) is 4.52 Å². The number of pyridine rings is 2. The monoisotopic (exact) mass is 521 g/mol. The van der Waals surface area contributed by atoms with Crippen LogP contribution in [-0.2, 0) is 0 Å². The van der Waals surface area contributed by atoms with E-state index in [-0.39, 0.29) is 30.4 Å². The van der Waals surface area contributed by atoms with Gasteiger partial charge in [0, 0.05) is 24.2 Å². The highest BCUT2D eigenvalue weighted by molar-refractivity contribution is 5.98. The van der Waals surface area contributed by atoms with Crippen molar-refractivity contribution in [3.8, 4) is 22.8 Å². The maximum atomic E-state index is 12.1. The lowest BCUT2D eigenvalue weighted by molar-refractivity contribution is 0.0958. The lowest BCUT2D eigenvalue weighted by atomic mass is 10.1. The summed E-state index contributed by atoms with van der Waals surface area (Å²) in [7, 11) is 0. The van der Waals surface area contributed by atoms with Gasteiger partial charge in [-0.2, -0.15) is 9.97 Å². The quantitative estimate of drug-likeness (QED) is 0.235. The third-order valence-electron chi connectivity index (χ3n) is 6.25. The number of anilines is 3. The summed E-state index contributed by atoms with van der Waals surface area (Å²) in [5, 5.41) is 23.5. The number of fused-ring (bicyclic) bond motifs is 1. The van der Waals surface area contributed by atoms with E-state index in [0.717, 1.165) is 11.1 Å². The van der Waals surface area contributed by atoms with Gasteiger partial charge in [0.2, 0.25) is 11.8 Å². The normalized spacial score (nSPS) is 14.9. The van der Waals surface area contributed by atoms with Crippen molar-refractivity contribution in [1.82, 2.24) is 35.4 Å².